The third-order valence-corrected chi connectivity index (χ3v) is 5.11. The summed E-state index contributed by atoms with van der Waals surface area (Å²) in [7, 11) is 6.02. The monoisotopic (exact) mass is 473 g/mol. The van der Waals surface area contributed by atoms with E-state index in [9.17, 15) is 0 Å². The largest absolute Gasteiger partial charge is 0.379 e. The lowest BCUT2D eigenvalue weighted by Gasteiger charge is -2.32. The first-order valence-corrected chi connectivity index (χ1v) is 9.21. The van der Waals surface area contributed by atoms with Crippen molar-refractivity contribution in [3.05, 3.63) is 29.8 Å². The molecule has 1 aromatic carbocycles. The van der Waals surface area contributed by atoms with Gasteiger partial charge in [-0.3, -0.25) is 9.89 Å². The molecule has 0 bridgehead atoms. The number of guanidine groups is 1. The third kappa shape index (κ3) is 5.47. The van der Waals surface area contributed by atoms with E-state index in [4.69, 9.17) is 4.74 Å². The lowest BCUT2D eigenvalue weighted by Crippen LogP contribution is -2.46. The molecule has 2 saturated heterocycles. The van der Waals surface area contributed by atoms with E-state index in [0.717, 1.165) is 51.9 Å². The van der Waals surface area contributed by atoms with Crippen LogP contribution in [0.1, 0.15) is 12.0 Å². The summed E-state index contributed by atoms with van der Waals surface area (Å²) in [6.45, 7) is 6.77. The summed E-state index contributed by atoms with van der Waals surface area (Å²) < 4.78 is 5.47. The first-order chi connectivity index (χ1) is 12.2. The number of nitrogens with one attached hydrogen (secondary N) is 1. The summed E-state index contributed by atoms with van der Waals surface area (Å²) in [6, 6.07) is 9.25. The van der Waals surface area contributed by atoms with Crippen molar-refractivity contribution in [3.8, 4) is 0 Å². The van der Waals surface area contributed by atoms with E-state index in [1.54, 1.807) is 0 Å². The number of rotatable bonds is 4. The van der Waals surface area contributed by atoms with E-state index in [2.05, 4.69) is 63.4 Å². The minimum Gasteiger partial charge on any atom is -0.379 e. The summed E-state index contributed by atoms with van der Waals surface area (Å²) in [5.74, 6) is 1.01. The number of hydrogen-bond acceptors (Lipinski definition) is 4. The number of anilines is 1. The van der Waals surface area contributed by atoms with Crippen molar-refractivity contribution < 1.29 is 4.74 Å². The van der Waals surface area contributed by atoms with Crippen LogP contribution >= 0.6 is 24.0 Å². The van der Waals surface area contributed by atoms with Gasteiger partial charge in [0.05, 0.1) is 13.2 Å². The molecule has 1 N–H and O–H groups in total. The Hall–Kier alpha value is -1.06. The normalized spacial score (nSPS) is 21.4. The Bertz CT molecular complexity index is 589. The molecular formula is C19H32IN5O. The summed E-state index contributed by atoms with van der Waals surface area (Å²) in [4.78, 5) is 11.6. The molecule has 2 heterocycles. The molecule has 1 aromatic rings. The number of likely N-dealkylation sites (tertiary alicyclic amines) is 1. The first kappa shape index (κ1) is 21.2. The Morgan fingerprint density at radius 3 is 2.73 bits per heavy atom. The van der Waals surface area contributed by atoms with Crippen LogP contribution in [0.3, 0.4) is 0 Å². The molecule has 0 amide bonds. The highest BCUT2D eigenvalue weighted by molar-refractivity contribution is 14.0. The van der Waals surface area contributed by atoms with Gasteiger partial charge in [-0.1, -0.05) is 12.1 Å². The van der Waals surface area contributed by atoms with E-state index < -0.39 is 0 Å². The SMILES string of the molecule is CN=C(NCc1cccc(N(C)C)c1)N1CCC(N2CCOCC2)C1.I. The molecule has 146 valence electrons. The van der Waals surface area contributed by atoms with Crippen LogP contribution in [-0.2, 0) is 11.3 Å². The van der Waals surface area contributed by atoms with Crippen LogP contribution in [0, 0.1) is 0 Å². The molecule has 0 aliphatic carbocycles. The van der Waals surface area contributed by atoms with Gasteiger partial charge in [0, 0.05) is 65.6 Å². The van der Waals surface area contributed by atoms with Gasteiger partial charge in [0.2, 0.25) is 0 Å². The standard InChI is InChI=1S/C19H31N5O.HI/c1-20-19(21-14-16-5-4-6-17(13-16)22(2)3)24-8-7-18(15-24)23-9-11-25-12-10-23;/h4-6,13,18H,7-12,14-15H2,1-3H3,(H,20,21);1H. The van der Waals surface area contributed by atoms with Gasteiger partial charge in [0.1, 0.15) is 0 Å². The quantitative estimate of drug-likeness (QED) is 0.411. The fourth-order valence-electron chi connectivity index (χ4n) is 3.63. The fraction of sp³-hybridized carbons (Fsp3) is 0.632. The predicted octanol–water partition coefficient (Wildman–Crippen LogP) is 1.85. The lowest BCUT2D eigenvalue weighted by molar-refractivity contribution is 0.0195. The molecule has 0 spiro atoms. The lowest BCUT2D eigenvalue weighted by atomic mass is 10.2. The molecule has 0 radical (unpaired) electrons. The Labute approximate surface area is 174 Å². The van der Waals surface area contributed by atoms with Crippen molar-refractivity contribution in [1.29, 1.82) is 0 Å². The van der Waals surface area contributed by atoms with Crippen molar-refractivity contribution in [2.45, 2.75) is 19.0 Å². The van der Waals surface area contributed by atoms with Crippen LogP contribution in [0.25, 0.3) is 0 Å². The summed E-state index contributed by atoms with van der Waals surface area (Å²) in [6.07, 6.45) is 1.21. The van der Waals surface area contributed by atoms with Gasteiger partial charge >= 0.3 is 0 Å². The molecule has 1 unspecified atom stereocenters. The second-order valence-corrected chi connectivity index (χ2v) is 7.00. The second kappa shape index (κ2) is 10.3. The average molecular weight is 473 g/mol. The molecule has 6 nitrogen and oxygen atoms in total. The van der Waals surface area contributed by atoms with Gasteiger partial charge in [-0.25, -0.2) is 0 Å². The maximum atomic E-state index is 5.47. The molecule has 2 aliphatic heterocycles. The summed E-state index contributed by atoms with van der Waals surface area (Å²) in [5, 5.41) is 3.53. The van der Waals surface area contributed by atoms with Crippen molar-refractivity contribution in [1.82, 2.24) is 15.1 Å². The fourth-order valence-corrected chi connectivity index (χ4v) is 3.63. The zero-order chi connectivity index (χ0) is 17.6. The molecule has 2 fully saturated rings. The maximum absolute atomic E-state index is 5.47. The molecule has 2 aliphatic rings. The molecule has 0 aromatic heterocycles. The molecule has 1 atom stereocenters. The van der Waals surface area contributed by atoms with E-state index in [1.807, 2.05) is 7.05 Å². The Morgan fingerprint density at radius 1 is 1.27 bits per heavy atom. The highest BCUT2D eigenvalue weighted by Gasteiger charge is 2.30. The van der Waals surface area contributed by atoms with Crippen LogP contribution in [-0.4, -0.2) is 82.3 Å². The number of halogens is 1. The van der Waals surface area contributed by atoms with Crippen molar-refractivity contribution in [2.24, 2.45) is 4.99 Å². The van der Waals surface area contributed by atoms with Crippen LogP contribution in [0.4, 0.5) is 5.69 Å². The first-order valence-electron chi connectivity index (χ1n) is 9.21. The minimum absolute atomic E-state index is 0. The number of nitrogens with zero attached hydrogens (tertiary/aromatic N) is 4. The molecular weight excluding hydrogens is 441 g/mol. The van der Waals surface area contributed by atoms with Gasteiger partial charge in [0.25, 0.3) is 0 Å². The van der Waals surface area contributed by atoms with Gasteiger partial charge in [-0.15, -0.1) is 24.0 Å². The predicted molar refractivity (Wildman–Crippen MR) is 119 cm³/mol. The zero-order valence-corrected chi connectivity index (χ0v) is 18.5. The summed E-state index contributed by atoms with van der Waals surface area (Å²) >= 11 is 0. The van der Waals surface area contributed by atoms with Gasteiger partial charge in [0.15, 0.2) is 5.96 Å². The highest BCUT2D eigenvalue weighted by atomic mass is 127. The molecule has 26 heavy (non-hydrogen) atoms. The van der Waals surface area contributed by atoms with Crippen LogP contribution in [0.15, 0.2) is 29.3 Å². The van der Waals surface area contributed by atoms with Crippen molar-refractivity contribution in [3.63, 3.8) is 0 Å². The smallest absolute Gasteiger partial charge is 0.193 e. The van der Waals surface area contributed by atoms with Gasteiger partial charge < -0.3 is 19.9 Å². The Kier molecular flexibility index (Phi) is 8.43. The number of hydrogen-bond donors (Lipinski definition) is 1. The number of benzene rings is 1. The van der Waals surface area contributed by atoms with E-state index in [1.165, 1.54) is 17.7 Å². The Balaban J connectivity index is 0.00000243. The Morgan fingerprint density at radius 2 is 2.04 bits per heavy atom. The van der Waals surface area contributed by atoms with Crippen molar-refractivity contribution in [2.75, 3.05) is 65.4 Å². The van der Waals surface area contributed by atoms with Crippen LogP contribution < -0.4 is 10.2 Å². The van der Waals surface area contributed by atoms with E-state index >= 15 is 0 Å². The number of aliphatic imine (C=N–C) groups is 1. The van der Waals surface area contributed by atoms with Gasteiger partial charge in [-0.2, -0.15) is 0 Å². The maximum Gasteiger partial charge on any atom is 0.193 e. The van der Waals surface area contributed by atoms with E-state index in [-0.39, 0.29) is 24.0 Å². The van der Waals surface area contributed by atoms with Gasteiger partial charge in [-0.05, 0) is 24.1 Å². The average Bonchev–Trinajstić information content (AvgIpc) is 3.13. The molecule has 7 heteroatoms. The number of morpholine rings is 1. The van der Waals surface area contributed by atoms with E-state index in [0.29, 0.717) is 6.04 Å². The van der Waals surface area contributed by atoms with Crippen molar-refractivity contribution >= 4 is 35.6 Å². The zero-order valence-electron chi connectivity index (χ0n) is 16.1. The topological polar surface area (TPSA) is 43.3 Å². The molecule has 3 rings (SSSR count). The summed E-state index contributed by atoms with van der Waals surface area (Å²) in [5.41, 5.74) is 2.50. The molecule has 0 saturated carbocycles. The van der Waals surface area contributed by atoms with Crippen LogP contribution in [0.5, 0.6) is 0 Å². The minimum atomic E-state index is 0. The number of ether oxygens (including phenoxy) is 1. The highest BCUT2D eigenvalue weighted by Crippen LogP contribution is 2.17. The van der Waals surface area contributed by atoms with Crippen LogP contribution in [0.2, 0.25) is 0 Å². The second-order valence-electron chi connectivity index (χ2n) is 7.00. The third-order valence-electron chi connectivity index (χ3n) is 5.11.